The Balaban J connectivity index is 1.62. The number of benzene rings is 2. The summed E-state index contributed by atoms with van der Waals surface area (Å²) in [5.74, 6) is -0.0191. The zero-order valence-electron chi connectivity index (χ0n) is 15.9. The quantitative estimate of drug-likeness (QED) is 0.507. The van der Waals surface area contributed by atoms with E-state index in [1.165, 1.54) is 18.7 Å². The van der Waals surface area contributed by atoms with Crippen LogP contribution in [0.5, 0.6) is 0 Å². The van der Waals surface area contributed by atoms with Crippen molar-refractivity contribution in [1.82, 2.24) is 20.1 Å². The maximum Gasteiger partial charge on any atom is 0.230 e. The lowest BCUT2D eigenvalue weighted by Gasteiger charge is -2.14. The minimum atomic E-state index is -0.142. The Morgan fingerprint density at radius 3 is 2.69 bits per heavy atom. The molecule has 0 aliphatic carbocycles. The smallest absolute Gasteiger partial charge is 0.230 e. The van der Waals surface area contributed by atoms with Crippen molar-refractivity contribution in [2.45, 2.75) is 25.0 Å². The van der Waals surface area contributed by atoms with Gasteiger partial charge in [-0.15, -0.1) is 10.2 Å². The lowest BCUT2D eigenvalue weighted by Crippen LogP contribution is -2.28. The SMILES string of the molecule is CC(=O)Nc1cccc(-n2cnnc2SCC(=O)NC(C)c2ccc(Br)cc2)c1. The zero-order valence-corrected chi connectivity index (χ0v) is 18.3. The van der Waals surface area contributed by atoms with Crippen LogP contribution in [0.4, 0.5) is 5.69 Å². The van der Waals surface area contributed by atoms with Gasteiger partial charge in [0.05, 0.1) is 17.5 Å². The maximum absolute atomic E-state index is 12.4. The lowest BCUT2D eigenvalue weighted by molar-refractivity contribution is -0.119. The Hall–Kier alpha value is -2.65. The van der Waals surface area contributed by atoms with Gasteiger partial charge in [-0.2, -0.15) is 0 Å². The second kappa shape index (κ2) is 9.71. The molecule has 0 saturated carbocycles. The fraction of sp³-hybridized carbons (Fsp3) is 0.200. The van der Waals surface area contributed by atoms with Crippen molar-refractivity contribution in [3.05, 3.63) is 64.9 Å². The first kappa shape index (κ1) is 21.1. The summed E-state index contributed by atoms with van der Waals surface area (Å²) in [6.07, 6.45) is 1.58. The predicted octanol–water partition coefficient (Wildman–Crippen LogP) is 3.96. The Kier molecular flexibility index (Phi) is 7.05. The molecule has 150 valence electrons. The van der Waals surface area contributed by atoms with Crippen LogP contribution in [0.2, 0.25) is 0 Å². The van der Waals surface area contributed by atoms with Gasteiger partial charge in [0.2, 0.25) is 11.8 Å². The summed E-state index contributed by atoms with van der Waals surface area (Å²) in [6, 6.07) is 15.1. The highest BCUT2D eigenvalue weighted by Crippen LogP contribution is 2.22. The van der Waals surface area contributed by atoms with Crippen LogP contribution in [0, 0.1) is 0 Å². The van der Waals surface area contributed by atoms with Crippen molar-refractivity contribution >= 4 is 45.2 Å². The van der Waals surface area contributed by atoms with Crippen molar-refractivity contribution in [3.8, 4) is 5.69 Å². The minimum Gasteiger partial charge on any atom is -0.349 e. The topological polar surface area (TPSA) is 88.9 Å². The molecule has 0 radical (unpaired) electrons. The average molecular weight is 474 g/mol. The number of aromatic nitrogens is 3. The number of carbonyl (C=O) groups excluding carboxylic acids is 2. The number of hydrogen-bond acceptors (Lipinski definition) is 5. The molecule has 0 saturated heterocycles. The fourth-order valence-corrected chi connectivity index (χ4v) is 3.69. The summed E-state index contributed by atoms with van der Waals surface area (Å²) < 4.78 is 2.78. The van der Waals surface area contributed by atoms with Crippen LogP contribution < -0.4 is 10.6 Å². The van der Waals surface area contributed by atoms with Crippen molar-refractivity contribution in [2.75, 3.05) is 11.1 Å². The lowest BCUT2D eigenvalue weighted by atomic mass is 10.1. The first-order valence-electron chi connectivity index (χ1n) is 8.88. The van der Waals surface area contributed by atoms with E-state index >= 15 is 0 Å². The van der Waals surface area contributed by atoms with Gasteiger partial charge in [0, 0.05) is 17.1 Å². The van der Waals surface area contributed by atoms with E-state index in [2.05, 4.69) is 36.8 Å². The number of halogens is 1. The number of hydrogen-bond donors (Lipinski definition) is 2. The normalized spacial score (nSPS) is 11.7. The summed E-state index contributed by atoms with van der Waals surface area (Å²) in [6.45, 7) is 3.41. The summed E-state index contributed by atoms with van der Waals surface area (Å²) in [5.41, 5.74) is 2.51. The van der Waals surface area contributed by atoms with Gasteiger partial charge in [0.25, 0.3) is 0 Å². The number of nitrogens with one attached hydrogen (secondary N) is 2. The average Bonchev–Trinajstić information content (AvgIpc) is 3.15. The Bertz CT molecular complexity index is 1010. The largest absolute Gasteiger partial charge is 0.349 e. The molecule has 0 aliphatic rings. The van der Waals surface area contributed by atoms with Gasteiger partial charge in [-0.3, -0.25) is 14.2 Å². The van der Waals surface area contributed by atoms with E-state index in [9.17, 15) is 9.59 Å². The molecular formula is C20H20BrN5O2S. The van der Waals surface area contributed by atoms with Crippen molar-refractivity contribution in [3.63, 3.8) is 0 Å². The summed E-state index contributed by atoms with van der Waals surface area (Å²) in [5, 5.41) is 14.4. The van der Waals surface area contributed by atoms with E-state index in [4.69, 9.17) is 0 Å². The highest BCUT2D eigenvalue weighted by molar-refractivity contribution is 9.10. The standard InChI is InChI=1S/C20H20BrN5O2S/c1-13(15-6-8-16(21)9-7-15)23-19(28)11-29-20-25-22-12-26(20)18-5-3-4-17(10-18)24-14(2)27/h3-10,12-13H,11H2,1-2H3,(H,23,28)(H,24,27). The van der Waals surface area contributed by atoms with E-state index in [0.717, 1.165) is 15.7 Å². The van der Waals surface area contributed by atoms with E-state index in [1.54, 1.807) is 17.0 Å². The molecule has 9 heteroatoms. The number of carbonyl (C=O) groups is 2. The first-order valence-corrected chi connectivity index (χ1v) is 10.7. The van der Waals surface area contributed by atoms with Gasteiger partial charge in [0.15, 0.2) is 5.16 Å². The minimum absolute atomic E-state index is 0.0908. The molecule has 0 fully saturated rings. The van der Waals surface area contributed by atoms with Gasteiger partial charge >= 0.3 is 0 Å². The molecule has 1 aromatic heterocycles. The number of nitrogens with zero attached hydrogens (tertiary/aromatic N) is 3. The molecule has 0 spiro atoms. The van der Waals surface area contributed by atoms with E-state index in [-0.39, 0.29) is 23.6 Å². The molecule has 2 aromatic carbocycles. The van der Waals surface area contributed by atoms with Gasteiger partial charge in [-0.05, 0) is 42.8 Å². The third-order valence-electron chi connectivity index (χ3n) is 4.04. The van der Waals surface area contributed by atoms with Crippen molar-refractivity contribution in [2.24, 2.45) is 0 Å². The molecule has 29 heavy (non-hydrogen) atoms. The van der Waals surface area contributed by atoms with Crippen LogP contribution in [0.1, 0.15) is 25.5 Å². The molecule has 7 nitrogen and oxygen atoms in total. The monoisotopic (exact) mass is 473 g/mol. The van der Waals surface area contributed by atoms with Crippen LogP contribution in [0.15, 0.2) is 64.5 Å². The van der Waals surface area contributed by atoms with Crippen LogP contribution in [0.3, 0.4) is 0 Å². The van der Waals surface area contributed by atoms with Crippen LogP contribution in [-0.2, 0) is 9.59 Å². The van der Waals surface area contributed by atoms with E-state index in [1.807, 2.05) is 49.4 Å². The Morgan fingerprint density at radius 1 is 1.21 bits per heavy atom. The van der Waals surface area contributed by atoms with E-state index in [0.29, 0.717) is 10.8 Å². The number of thioether (sulfide) groups is 1. The fourth-order valence-electron chi connectivity index (χ4n) is 2.68. The molecule has 0 bridgehead atoms. The molecule has 3 rings (SSSR count). The second-order valence-corrected chi connectivity index (χ2v) is 8.20. The maximum atomic E-state index is 12.4. The number of anilines is 1. The van der Waals surface area contributed by atoms with Gasteiger partial charge < -0.3 is 10.6 Å². The molecular weight excluding hydrogens is 454 g/mol. The molecule has 1 unspecified atom stereocenters. The first-order chi connectivity index (χ1) is 13.9. The highest BCUT2D eigenvalue weighted by Gasteiger charge is 2.13. The summed E-state index contributed by atoms with van der Waals surface area (Å²) >= 11 is 4.71. The highest BCUT2D eigenvalue weighted by atomic mass is 79.9. The molecule has 1 atom stereocenters. The van der Waals surface area contributed by atoms with Crippen LogP contribution in [0.25, 0.3) is 5.69 Å². The van der Waals surface area contributed by atoms with E-state index < -0.39 is 0 Å². The summed E-state index contributed by atoms with van der Waals surface area (Å²) in [7, 11) is 0. The third kappa shape index (κ3) is 5.91. The second-order valence-electron chi connectivity index (χ2n) is 6.34. The van der Waals surface area contributed by atoms with Crippen molar-refractivity contribution in [1.29, 1.82) is 0 Å². The number of rotatable bonds is 7. The Morgan fingerprint density at radius 2 is 1.97 bits per heavy atom. The molecule has 1 heterocycles. The number of amides is 2. The third-order valence-corrected chi connectivity index (χ3v) is 5.51. The molecule has 3 aromatic rings. The van der Waals surface area contributed by atoms with Gasteiger partial charge in [-0.1, -0.05) is 45.9 Å². The van der Waals surface area contributed by atoms with Gasteiger partial charge in [0.1, 0.15) is 6.33 Å². The molecule has 2 N–H and O–H groups in total. The van der Waals surface area contributed by atoms with Crippen LogP contribution in [-0.4, -0.2) is 32.3 Å². The molecule has 0 aliphatic heterocycles. The van der Waals surface area contributed by atoms with Crippen LogP contribution >= 0.6 is 27.7 Å². The Labute approximate surface area is 181 Å². The van der Waals surface area contributed by atoms with Gasteiger partial charge in [-0.25, -0.2) is 0 Å². The summed E-state index contributed by atoms with van der Waals surface area (Å²) in [4.78, 5) is 23.6. The molecule has 2 amide bonds. The predicted molar refractivity (Wildman–Crippen MR) is 117 cm³/mol. The van der Waals surface area contributed by atoms with Crippen molar-refractivity contribution < 1.29 is 9.59 Å². The zero-order chi connectivity index (χ0) is 20.8.